The van der Waals surface area contributed by atoms with Crippen LogP contribution >= 0.6 is 11.6 Å². The molecule has 4 heterocycles. The van der Waals surface area contributed by atoms with Crippen LogP contribution in [-0.4, -0.2) is 46.5 Å². The summed E-state index contributed by atoms with van der Waals surface area (Å²) in [5.74, 6) is -0.963. The molecule has 102 valence electrons. The van der Waals surface area contributed by atoms with Gasteiger partial charge in [-0.2, -0.15) is 9.37 Å². The topological polar surface area (TPSA) is 58.1 Å². The highest BCUT2D eigenvalue weighted by Gasteiger charge is 2.35. The van der Waals surface area contributed by atoms with Crippen LogP contribution in [0.5, 0.6) is 0 Å². The van der Waals surface area contributed by atoms with Crippen molar-refractivity contribution in [3.63, 3.8) is 0 Å². The molecule has 19 heavy (non-hydrogen) atoms. The molecule has 1 unspecified atom stereocenters. The van der Waals surface area contributed by atoms with Gasteiger partial charge in [-0.05, 0) is 31.8 Å². The van der Waals surface area contributed by atoms with Gasteiger partial charge in [-0.25, -0.2) is 4.98 Å². The van der Waals surface area contributed by atoms with Crippen LogP contribution in [-0.2, 0) is 0 Å². The van der Waals surface area contributed by atoms with Crippen LogP contribution in [0.15, 0.2) is 6.20 Å². The zero-order valence-corrected chi connectivity index (χ0v) is 11.0. The van der Waals surface area contributed by atoms with Crippen molar-refractivity contribution in [2.45, 2.75) is 18.9 Å². The maximum Gasteiger partial charge on any atom is 0.289 e. The van der Waals surface area contributed by atoms with E-state index >= 15 is 0 Å². The van der Waals surface area contributed by atoms with Gasteiger partial charge in [-0.3, -0.25) is 4.79 Å². The second-order valence-corrected chi connectivity index (χ2v) is 5.46. The second-order valence-electron chi connectivity index (χ2n) is 5.05. The van der Waals surface area contributed by atoms with Gasteiger partial charge in [0.1, 0.15) is 5.02 Å². The highest BCUT2D eigenvalue weighted by atomic mass is 35.5. The number of halogens is 2. The Hall–Kier alpha value is -1.27. The van der Waals surface area contributed by atoms with Crippen LogP contribution in [0, 0.1) is 11.9 Å². The van der Waals surface area contributed by atoms with Crippen molar-refractivity contribution in [3.8, 4) is 0 Å². The number of hydrogen-bond acceptors (Lipinski definition) is 4. The molecule has 1 N–H and O–H groups in total. The van der Waals surface area contributed by atoms with E-state index < -0.39 is 11.9 Å². The summed E-state index contributed by atoms with van der Waals surface area (Å²) in [5, 5.41) is 2.72. The van der Waals surface area contributed by atoms with Gasteiger partial charge in [-0.15, -0.1) is 0 Å². The fourth-order valence-corrected chi connectivity index (χ4v) is 2.91. The lowest BCUT2D eigenvalue weighted by molar-refractivity contribution is 0.0614. The second kappa shape index (κ2) is 5.02. The molecule has 7 heteroatoms. The molecule has 5 nitrogen and oxygen atoms in total. The Morgan fingerprint density at radius 3 is 2.79 bits per heavy atom. The Balaban J connectivity index is 1.69. The van der Waals surface area contributed by atoms with E-state index in [9.17, 15) is 9.18 Å². The molecule has 1 amide bonds. The number of nitrogens with one attached hydrogen (secondary N) is 1. The average Bonchev–Trinajstić information content (AvgIpc) is 2.43. The van der Waals surface area contributed by atoms with Crippen LogP contribution in [0.4, 0.5) is 4.39 Å². The minimum Gasteiger partial charge on any atom is -0.345 e. The fraction of sp³-hybridized carbons (Fsp3) is 0.583. The molecule has 1 aromatic heterocycles. The van der Waals surface area contributed by atoms with E-state index in [2.05, 4.69) is 20.2 Å². The predicted octanol–water partition coefficient (Wildman–Crippen LogP) is 1.09. The number of aromatic nitrogens is 2. The standard InChI is InChI=1S/C12H14ClFN4O/c13-8-5-15-11(17-10(8)14)12(19)16-9-6-18-3-1-7(9)2-4-18/h5,7,9H,1-4,6H2,(H,16,19). The Morgan fingerprint density at radius 2 is 2.21 bits per heavy atom. The summed E-state index contributed by atoms with van der Waals surface area (Å²) in [6, 6.07) is 0.109. The third-order valence-electron chi connectivity index (χ3n) is 3.88. The molecule has 1 aromatic rings. The first kappa shape index (κ1) is 12.7. The number of rotatable bonds is 2. The summed E-state index contributed by atoms with van der Waals surface area (Å²) in [6.07, 6.45) is 3.30. The Morgan fingerprint density at radius 1 is 1.47 bits per heavy atom. The zero-order chi connectivity index (χ0) is 13.4. The molecule has 3 aliphatic rings. The SMILES string of the molecule is O=C(NC1CN2CCC1CC2)c1ncc(Cl)c(F)n1. The number of piperidine rings is 3. The van der Waals surface area contributed by atoms with Gasteiger partial charge >= 0.3 is 0 Å². The molecule has 0 radical (unpaired) electrons. The first-order chi connectivity index (χ1) is 9.13. The molecule has 0 saturated carbocycles. The monoisotopic (exact) mass is 284 g/mol. The minimum atomic E-state index is -0.865. The van der Waals surface area contributed by atoms with Crippen LogP contribution in [0.1, 0.15) is 23.5 Å². The number of carbonyl (C=O) groups is 1. The quantitative estimate of drug-likeness (QED) is 0.826. The molecular weight excluding hydrogens is 271 g/mol. The van der Waals surface area contributed by atoms with Crippen molar-refractivity contribution in [3.05, 3.63) is 23.0 Å². The van der Waals surface area contributed by atoms with Crippen molar-refractivity contribution in [1.29, 1.82) is 0 Å². The smallest absolute Gasteiger partial charge is 0.289 e. The van der Waals surface area contributed by atoms with Crippen LogP contribution in [0.25, 0.3) is 0 Å². The lowest BCUT2D eigenvalue weighted by Gasteiger charge is -2.44. The zero-order valence-electron chi connectivity index (χ0n) is 10.3. The van der Waals surface area contributed by atoms with Gasteiger partial charge in [0, 0.05) is 12.6 Å². The number of amides is 1. The van der Waals surface area contributed by atoms with E-state index in [0.29, 0.717) is 5.92 Å². The first-order valence-corrected chi connectivity index (χ1v) is 6.72. The van der Waals surface area contributed by atoms with Gasteiger partial charge in [0.05, 0.1) is 6.20 Å². The lowest BCUT2D eigenvalue weighted by Crippen LogP contribution is -2.57. The average molecular weight is 285 g/mol. The normalized spacial score (nSPS) is 29.3. The van der Waals surface area contributed by atoms with E-state index in [1.165, 1.54) is 0 Å². The number of fused-ring (bicyclic) bond motifs is 3. The van der Waals surface area contributed by atoms with Gasteiger partial charge < -0.3 is 10.2 Å². The maximum absolute atomic E-state index is 13.2. The molecule has 0 aliphatic carbocycles. The highest BCUT2D eigenvalue weighted by Crippen LogP contribution is 2.27. The summed E-state index contributed by atoms with van der Waals surface area (Å²) >= 11 is 5.49. The van der Waals surface area contributed by atoms with E-state index in [4.69, 9.17) is 11.6 Å². The van der Waals surface area contributed by atoms with Gasteiger partial charge in [0.15, 0.2) is 0 Å². The summed E-state index contributed by atoms with van der Waals surface area (Å²) in [4.78, 5) is 21.5. The van der Waals surface area contributed by atoms with Crippen molar-refractivity contribution in [2.24, 2.45) is 5.92 Å². The third kappa shape index (κ3) is 2.55. The summed E-state index contributed by atoms with van der Waals surface area (Å²) in [7, 11) is 0. The Labute approximate surface area is 115 Å². The van der Waals surface area contributed by atoms with Crippen molar-refractivity contribution in [1.82, 2.24) is 20.2 Å². The summed E-state index contributed by atoms with van der Waals surface area (Å²) in [6.45, 7) is 3.05. The van der Waals surface area contributed by atoms with Crippen LogP contribution in [0.3, 0.4) is 0 Å². The first-order valence-electron chi connectivity index (χ1n) is 6.35. The number of carbonyl (C=O) groups excluding carboxylic acids is 1. The Kier molecular flexibility index (Phi) is 3.36. The van der Waals surface area contributed by atoms with Crippen molar-refractivity contribution < 1.29 is 9.18 Å². The molecule has 0 spiro atoms. The maximum atomic E-state index is 13.2. The third-order valence-corrected chi connectivity index (χ3v) is 4.13. The number of nitrogens with zero attached hydrogens (tertiary/aromatic N) is 3. The van der Waals surface area contributed by atoms with E-state index in [1.54, 1.807) is 0 Å². The Bertz CT molecular complexity index is 505. The molecule has 3 saturated heterocycles. The number of hydrogen-bond donors (Lipinski definition) is 1. The predicted molar refractivity (Wildman–Crippen MR) is 67.4 cm³/mol. The highest BCUT2D eigenvalue weighted by molar-refractivity contribution is 6.30. The molecule has 2 bridgehead atoms. The van der Waals surface area contributed by atoms with Gasteiger partial charge in [0.25, 0.3) is 5.91 Å². The van der Waals surface area contributed by atoms with Crippen molar-refractivity contribution in [2.75, 3.05) is 19.6 Å². The van der Waals surface area contributed by atoms with Gasteiger partial charge in [0.2, 0.25) is 11.8 Å². The van der Waals surface area contributed by atoms with E-state index in [1.807, 2.05) is 0 Å². The molecule has 0 aromatic carbocycles. The van der Waals surface area contributed by atoms with Crippen LogP contribution in [0.2, 0.25) is 5.02 Å². The summed E-state index contributed by atoms with van der Waals surface area (Å²) < 4.78 is 13.2. The van der Waals surface area contributed by atoms with Crippen molar-refractivity contribution >= 4 is 17.5 Å². The molecule has 4 rings (SSSR count). The molecular formula is C12H14ClFN4O. The minimum absolute atomic E-state index is 0.109. The molecule has 1 atom stereocenters. The van der Waals surface area contributed by atoms with Gasteiger partial charge in [-0.1, -0.05) is 11.6 Å². The van der Waals surface area contributed by atoms with Crippen LogP contribution < -0.4 is 5.32 Å². The fourth-order valence-electron chi connectivity index (χ4n) is 2.82. The summed E-state index contributed by atoms with van der Waals surface area (Å²) in [5.41, 5.74) is 0. The molecule has 3 aliphatic heterocycles. The van der Waals surface area contributed by atoms with E-state index in [-0.39, 0.29) is 16.9 Å². The molecule has 3 fully saturated rings. The lowest BCUT2D eigenvalue weighted by atomic mass is 9.84. The van der Waals surface area contributed by atoms with E-state index in [0.717, 1.165) is 38.7 Å². The largest absolute Gasteiger partial charge is 0.345 e.